The first-order valence-electron chi connectivity index (χ1n) is 7.50. The first kappa shape index (κ1) is 16.2. The minimum Gasteiger partial charge on any atom is -0.503 e. The molecule has 24 heavy (non-hydrogen) atoms. The first-order chi connectivity index (χ1) is 11.5. The van der Waals surface area contributed by atoms with E-state index in [4.69, 9.17) is 11.6 Å². The molecule has 6 heteroatoms. The molecule has 0 saturated heterocycles. The zero-order valence-electron chi connectivity index (χ0n) is 12.9. The summed E-state index contributed by atoms with van der Waals surface area (Å²) < 4.78 is 0. The number of nitrogens with zero attached hydrogens (tertiary/aromatic N) is 2. The van der Waals surface area contributed by atoms with Gasteiger partial charge in [-0.3, -0.25) is 19.5 Å². The third kappa shape index (κ3) is 2.67. The first-order valence-corrected chi connectivity index (χ1v) is 7.87. The van der Waals surface area contributed by atoms with Crippen LogP contribution < -0.4 is 4.90 Å². The Morgan fingerprint density at radius 2 is 1.83 bits per heavy atom. The predicted octanol–water partition coefficient (Wildman–Crippen LogP) is 3.61. The van der Waals surface area contributed by atoms with Gasteiger partial charge in [-0.05, 0) is 42.0 Å². The van der Waals surface area contributed by atoms with Gasteiger partial charge in [-0.25, -0.2) is 0 Å². The number of carbonyl (C=O) groups is 2. The summed E-state index contributed by atoms with van der Waals surface area (Å²) in [6.45, 7) is 1.70. The second kappa shape index (κ2) is 6.45. The summed E-state index contributed by atoms with van der Waals surface area (Å²) in [4.78, 5) is 30.4. The molecule has 2 heterocycles. The summed E-state index contributed by atoms with van der Waals surface area (Å²) in [5.74, 6) is -1.37. The number of hydrogen-bond acceptors (Lipinski definition) is 4. The molecule has 1 atom stereocenters. The molecule has 1 aliphatic heterocycles. The average Bonchev–Trinajstić information content (AvgIpc) is 2.87. The molecule has 0 spiro atoms. The van der Waals surface area contributed by atoms with Gasteiger partial charge in [0.15, 0.2) is 11.5 Å². The largest absolute Gasteiger partial charge is 0.503 e. The topological polar surface area (TPSA) is 70.5 Å². The second-order valence-corrected chi connectivity index (χ2v) is 5.81. The Bertz CT molecular complexity index is 816. The average molecular weight is 343 g/mol. The van der Waals surface area contributed by atoms with Crippen molar-refractivity contribution in [3.05, 3.63) is 70.7 Å². The van der Waals surface area contributed by atoms with Crippen LogP contribution in [0.15, 0.2) is 60.1 Å². The number of aromatic nitrogens is 1. The third-order valence-electron chi connectivity index (χ3n) is 3.96. The van der Waals surface area contributed by atoms with E-state index in [1.165, 1.54) is 4.90 Å². The van der Waals surface area contributed by atoms with Crippen LogP contribution in [0.1, 0.15) is 24.9 Å². The van der Waals surface area contributed by atoms with Crippen LogP contribution in [0.2, 0.25) is 5.02 Å². The molecule has 0 aliphatic carbocycles. The molecule has 1 aromatic carbocycles. The monoisotopic (exact) mass is 342 g/mol. The van der Waals surface area contributed by atoms with E-state index in [9.17, 15) is 14.7 Å². The molecule has 0 saturated carbocycles. The normalized spacial score (nSPS) is 17.5. The highest BCUT2D eigenvalue weighted by Crippen LogP contribution is 2.41. The van der Waals surface area contributed by atoms with E-state index in [0.717, 1.165) is 0 Å². The van der Waals surface area contributed by atoms with Crippen LogP contribution in [-0.4, -0.2) is 21.8 Å². The molecule has 1 aliphatic rings. The van der Waals surface area contributed by atoms with E-state index in [1.807, 2.05) is 0 Å². The van der Waals surface area contributed by atoms with Gasteiger partial charge in [-0.1, -0.05) is 18.5 Å². The fourth-order valence-corrected chi connectivity index (χ4v) is 2.94. The van der Waals surface area contributed by atoms with Gasteiger partial charge in [0.1, 0.15) is 0 Å². The molecular weight excluding hydrogens is 328 g/mol. The van der Waals surface area contributed by atoms with Crippen LogP contribution in [0.25, 0.3) is 0 Å². The van der Waals surface area contributed by atoms with Gasteiger partial charge in [0.2, 0.25) is 0 Å². The number of Topliss-reactive ketones (excluding diaryl/α,β-unsaturated/α-hetero) is 1. The number of benzene rings is 1. The van der Waals surface area contributed by atoms with E-state index in [-0.39, 0.29) is 17.8 Å². The Balaban J connectivity index is 2.16. The maximum absolute atomic E-state index is 12.6. The Morgan fingerprint density at radius 1 is 1.21 bits per heavy atom. The van der Waals surface area contributed by atoms with Gasteiger partial charge in [0.25, 0.3) is 5.91 Å². The molecule has 1 aromatic heterocycles. The molecule has 1 N–H and O–H groups in total. The molecule has 0 bridgehead atoms. The quantitative estimate of drug-likeness (QED) is 0.921. The number of aliphatic hydroxyl groups is 1. The molecule has 122 valence electrons. The third-order valence-corrected chi connectivity index (χ3v) is 4.21. The SMILES string of the molecule is CCC(=O)C1=C(O)C(=O)N(c2ccc(Cl)cc2)C1c1ccncc1. The summed E-state index contributed by atoms with van der Waals surface area (Å²) in [6.07, 6.45) is 3.37. The van der Waals surface area contributed by atoms with Crippen molar-refractivity contribution in [3.63, 3.8) is 0 Å². The minimum atomic E-state index is -0.686. The Morgan fingerprint density at radius 3 is 2.42 bits per heavy atom. The summed E-state index contributed by atoms with van der Waals surface area (Å²) in [5, 5.41) is 10.8. The maximum Gasteiger partial charge on any atom is 0.294 e. The van der Waals surface area contributed by atoms with E-state index in [2.05, 4.69) is 4.98 Å². The number of aliphatic hydroxyl groups excluding tert-OH is 1. The van der Waals surface area contributed by atoms with Crippen molar-refractivity contribution in [1.29, 1.82) is 0 Å². The second-order valence-electron chi connectivity index (χ2n) is 5.37. The van der Waals surface area contributed by atoms with Crippen molar-refractivity contribution in [1.82, 2.24) is 4.98 Å². The van der Waals surface area contributed by atoms with Gasteiger partial charge in [-0.2, -0.15) is 0 Å². The lowest BCUT2D eigenvalue weighted by Gasteiger charge is -2.26. The number of halogens is 1. The Kier molecular flexibility index (Phi) is 4.36. The van der Waals surface area contributed by atoms with Crippen molar-refractivity contribution in [3.8, 4) is 0 Å². The lowest BCUT2D eigenvalue weighted by atomic mass is 9.95. The molecule has 5 nitrogen and oxygen atoms in total. The van der Waals surface area contributed by atoms with Crippen LogP contribution in [0.4, 0.5) is 5.69 Å². The summed E-state index contributed by atoms with van der Waals surface area (Å²) in [7, 11) is 0. The van der Waals surface area contributed by atoms with E-state index in [1.54, 1.807) is 55.7 Å². The van der Waals surface area contributed by atoms with Crippen LogP contribution in [-0.2, 0) is 9.59 Å². The number of carbonyl (C=O) groups excluding carboxylic acids is 2. The fraction of sp³-hybridized carbons (Fsp3) is 0.167. The van der Waals surface area contributed by atoms with Gasteiger partial charge in [-0.15, -0.1) is 0 Å². The van der Waals surface area contributed by atoms with Gasteiger partial charge < -0.3 is 5.11 Å². The van der Waals surface area contributed by atoms with Gasteiger partial charge >= 0.3 is 0 Å². The lowest BCUT2D eigenvalue weighted by molar-refractivity contribution is -0.118. The number of anilines is 1. The Labute approximate surface area is 144 Å². The number of ketones is 1. The van der Waals surface area contributed by atoms with Crippen molar-refractivity contribution in [2.24, 2.45) is 0 Å². The summed E-state index contributed by atoms with van der Waals surface area (Å²) in [6, 6.07) is 9.44. The molecule has 1 unspecified atom stereocenters. The number of hydrogen-bond donors (Lipinski definition) is 1. The highest BCUT2D eigenvalue weighted by molar-refractivity contribution is 6.30. The van der Waals surface area contributed by atoms with Crippen molar-refractivity contribution in [2.75, 3.05) is 4.90 Å². The van der Waals surface area contributed by atoms with Crippen molar-refractivity contribution in [2.45, 2.75) is 19.4 Å². The van der Waals surface area contributed by atoms with Crippen LogP contribution in [0.3, 0.4) is 0 Å². The van der Waals surface area contributed by atoms with E-state index in [0.29, 0.717) is 16.3 Å². The number of amides is 1. The molecule has 3 rings (SSSR count). The van der Waals surface area contributed by atoms with Gasteiger partial charge in [0.05, 0.1) is 11.6 Å². The highest BCUT2D eigenvalue weighted by Gasteiger charge is 2.43. The van der Waals surface area contributed by atoms with Gasteiger partial charge in [0, 0.05) is 29.5 Å². The van der Waals surface area contributed by atoms with Crippen molar-refractivity contribution >= 4 is 29.0 Å². The smallest absolute Gasteiger partial charge is 0.294 e. The number of rotatable bonds is 4. The van der Waals surface area contributed by atoms with Crippen LogP contribution in [0.5, 0.6) is 0 Å². The van der Waals surface area contributed by atoms with E-state index < -0.39 is 17.7 Å². The van der Waals surface area contributed by atoms with E-state index >= 15 is 0 Å². The summed E-state index contributed by atoms with van der Waals surface area (Å²) >= 11 is 5.91. The predicted molar refractivity (Wildman–Crippen MR) is 90.9 cm³/mol. The fourth-order valence-electron chi connectivity index (χ4n) is 2.81. The minimum absolute atomic E-state index is 0.114. The molecule has 0 fully saturated rings. The molecule has 1 amide bonds. The van der Waals surface area contributed by atoms with Crippen LogP contribution in [0, 0.1) is 0 Å². The lowest BCUT2D eigenvalue weighted by Crippen LogP contribution is -2.30. The molecule has 2 aromatic rings. The maximum atomic E-state index is 12.6. The van der Waals surface area contributed by atoms with Crippen LogP contribution >= 0.6 is 11.6 Å². The van der Waals surface area contributed by atoms with Crippen molar-refractivity contribution < 1.29 is 14.7 Å². The molecule has 0 radical (unpaired) electrons. The zero-order chi connectivity index (χ0) is 17.3. The highest BCUT2D eigenvalue weighted by atomic mass is 35.5. The molecular formula is C18H15ClN2O3. The Hall–Kier alpha value is -2.66. The zero-order valence-corrected chi connectivity index (χ0v) is 13.7. The number of pyridine rings is 1. The standard InChI is InChI=1S/C18H15ClN2O3/c1-2-14(22)15-16(11-7-9-20-10-8-11)21(18(24)17(15)23)13-5-3-12(19)4-6-13/h3-10,16,23H,2H2,1H3. The summed E-state index contributed by atoms with van der Waals surface area (Å²) in [5.41, 5.74) is 1.37.